The zero-order chi connectivity index (χ0) is 17.9. The maximum atomic E-state index is 12.0. The van der Waals surface area contributed by atoms with E-state index in [4.69, 9.17) is 5.73 Å². The summed E-state index contributed by atoms with van der Waals surface area (Å²) in [5.74, 6) is -0.416. The Morgan fingerprint density at radius 2 is 1.76 bits per heavy atom. The summed E-state index contributed by atoms with van der Waals surface area (Å²) in [7, 11) is 0. The van der Waals surface area contributed by atoms with Crippen LogP contribution in [0.4, 0.5) is 5.69 Å². The van der Waals surface area contributed by atoms with Gasteiger partial charge in [0.2, 0.25) is 11.8 Å². The largest absolute Gasteiger partial charge is 0.351 e. The molecular weight excluding hydrogens is 344 g/mol. The number of hydrogen-bond donors (Lipinski definition) is 4. The average molecular weight is 371 g/mol. The van der Waals surface area contributed by atoms with Crippen molar-refractivity contribution in [1.29, 1.82) is 0 Å². The fourth-order valence-electron chi connectivity index (χ4n) is 1.95. The first-order chi connectivity index (χ1) is 11.4. The van der Waals surface area contributed by atoms with Crippen LogP contribution in [0.1, 0.15) is 37.0 Å². The summed E-state index contributed by atoms with van der Waals surface area (Å²) in [6.07, 6.45) is 1.17. The molecule has 0 aromatic heterocycles. The van der Waals surface area contributed by atoms with Gasteiger partial charge < -0.3 is 21.7 Å². The summed E-state index contributed by atoms with van der Waals surface area (Å²) in [6, 6.07) is 6.68. The summed E-state index contributed by atoms with van der Waals surface area (Å²) in [6.45, 7) is 4.63. The van der Waals surface area contributed by atoms with Crippen molar-refractivity contribution in [3.8, 4) is 0 Å². The van der Waals surface area contributed by atoms with E-state index in [2.05, 4.69) is 16.0 Å². The Kier molecular flexibility index (Phi) is 11.2. The number of nitrogens with one attached hydrogen (secondary N) is 3. The molecule has 25 heavy (non-hydrogen) atoms. The molecular formula is C17H27ClN4O3. The number of para-hydroxylation sites is 1. The fraction of sp³-hybridized carbons (Fsp3) is 0.471. The van der Waals surface area contributed by atoms with Gasteiger partial charge in [-0.2, -0.15) is 0 Å². The molecule has 0 aliphatic heterocycles. The lowest BCUT2D eigenvalue weighted by atomic mass is 10.1. The van der Waals surface area contributed by atoms with Gasteiger partial charge in [-0.15, -0.1) is 12.4 Å². The first-order valence-corrected chi connectivity index (χ1v) is 8.08. The molecule has 0 saturated heterocycles. The van der Waals surface area contributed by atoms with E-state index in [0.717, 1.165) is 6.42 Å². The highest BCUT2D eigenvalue weighted by molar-refractivity contribution is 6.04. The van der Waals surface area contributed by atoms with Crippen molar-refractivity contribution in [1.82, 2.24) is 10.6 Å². The number of anilines is 1. The Morgan fingerprint density at radius 3 is 2.40 bits per heavy atom. The SMILES string of the molecule is CC(C)CCC(=O)NCC(=O)Nc1ccccc1C(=O)NCCN.Cl. The lowest BCUT2D eigenvalue weighted by Crippen LogP contribution is -2.34. The third-order valence-electron chi connectivity index (χ3n) is 3.27. The second-order valence-electron chi connectivity index (χ2n) is 5.85. The highest BCUT2D eigenvalue weighted by Gasteiger charge is 2.13. The molecule has 5 N–H and O–H groups in total. The molecule has 0 bridgehead atoms. The number of carbonyl (C=O) groups is 3. The zero-order valence-corrected chi connectivity index (χ0v) is 15.4. The van der Waals surface area contributed by atoms with E-state index in [1.165, 1.54) is 0 Å². The smallest absolute Gasteiger partial charge is 0.253 e. The van der Waals surface area contributed by atoms with Crippen LogP contribution in [0.3, 0.4) is 0 Å². The first kappa shape index (κ1) is 22.9. The van der Waals surface area contributed by atoms with Crippen LogP contribution in [0.25, 0.3) is 0 Å². The predicted molar refractivity (Wildman–Crippen MR) is 101 cm³/mol. The predicted octanol–water partition coefficient (Wildman–Crippen LogP) is 1.29. The van der Waals surface area contributed by atoms with Crippen LogP contribution in [0, 0.1) is 5.92 Å². The lowest BCUT2D eigenvalue weighted by Gasteiger charge is -2.12. The van der Waals surface area contributed by atoms with Gasteiger partial charge in [-0.1, -0.05) is 26.0 Å². The van der Waals surface area contributed by atoms with Gasteiger partial charge in [-0.3, -0.25) is 14.4 Å². The summed E-state index contributed by atoms with van der Waals surface area (Å²) in [4.78, 5) is 35.6. The van der Waals surface area contributed by atoms with Gasteiger partial charge in [0.05, 0.1) is 17.8 Å². The van der Waals surface area contributed by atoms with E-state index in [1.54, 1.807) is 24.3 Å². The van der Waals surface area contributed by atoms with Crippen LogP contribution < -0.4 is 21.7 Å². The van der Waals surface area contributed by atoms with E-state index in [-0.39, 0.29) is 36.7 Å². The van der Waals surface area contributed by atoms with Gasteiger partial charge in [0, 0.05) is 19.5 Å². The molecule has 0 saturated carbocycles. The van der Waals surface area contributed by atoms with Crippen LogP contribution in [0.15, 0.2) is 24.3 Å². The molecule has 0 atom stereocenters. The standard InChI is InChI=1S/C17H26N4O3.ClH/c1-12(2)7-8-15(22)20-11-16(23)21-14-6-4-3-5-13(14)17(24)19-10-9-18;/h3-6,12H,7-11,18H2,1-2H3,(H,19,24)(H,20,22)(H,21,23);1H. The van der Waals surface area contributed by atoms with Crippen LogP contribution in [0.2, 0.25) is 0 Å². The Hall–Kier alpha value is -2.12. The fourth-order valence-corrected chi connectivity index (χ4v) is 1.95. The van der Waals surface area contributed by atoms with Crippen LogP contribution >= 0.6 is 12.4 Å². The minimum absolute atomic E-state index is 0. The molecule has 3 amide bonds. The molecule has 0 aliphatic rings. The monoisotopic (exact) mass is 370 g/mol. The van der Waals surface area contributed by atoms with Gasteiger partial charge in [-0.25, -0.2) is 0 Å². The molecule has 0 aliphatic carbocycles. The maximum Gasteiger partial charge on any atom is 0.253 e. The van der Waals surface area contributed by atoms with Crippen molar-refractivity contribution in [2.24, 2.45) is 11.7 Å². The van der Waals surface area contributed by atoms with Gasteiger partial charge >= 0.3 is 0 Å². The van der Waals surface area contributed by atoms with Crippen LogP contribution in [-0.4, -0.2) is 37.4 Å². The summed E-state index contributed by atoms with van der Waals surface area (Å²) < 4.78 is 0. The highest BCUT2D eigenvalue weighted by atomic mass is 35.5. The van der Waals surface area contributed by atoms with E-state index in [1.807, 2.05) is 13.8 Å². The Morgan fingerprint density at radius 1 is 1.08 bits per heavy atom. The van der Waals surface area contributed by atoms with Crippen molar-refractivity contribution in [3.63, 3.8) is 0 Å². The van der Waals surface area contributed by atoms with E-state index >= 15 is 0 Å². The average Bonchev–Trinajstić information content (AvgIpc) is 2.56. The molecule has 1 aromatic carbocycles. The molecule has 0 spiro atoms. The zero-order valence-electron chi connectivity index (χ0n) is 14.6. The molecule has 0 unspecified atom stereocenters. The Labute approximate surface area is 154 Å². The molecule has 0 heterocycles. The number of amides is 3. The molecule has 1 aromatic rings. The minimum Gasteiger partial charge on any atom is -0.351 e. The third kappa shape index (κ3) is 9.07. The van der Waals surface area contributed by atoms with Gasteiger partial charge in [-0.05, 0) is 24.5 Å². The summed E-state index contributed by atoms with van der Waals surface area (Å²) in [5, 5.41) is 7.87. The first-order valence-electron chi connectivity index (χ1n) is 8.08. The molecule has 7 nitrogen and oxygen atoms in total. The van der Waals surface area contributed by atoms with Gasteiger partial charge in [0.15, 0.2) is 0 Å². The van der Waals surface area contributed by atoms with Crippen molar-refractivity contribution < 1.29 is 14.4 Å². The minimum atomic E-state index is -0.382. The van der Waals surface area contributed by atoms with Crippen LogP contribution in [0.5, 0.6) is 0 Å². The second-order valence-corrected chi connectivity index (χ2v) is 5.85. The van der Waals surface area contributed by atoms with Gasteiger partial charge in [0.1, 0.15) is 0 Å². The molecule has 140 valence electrons. The quantitative estimate of drug-likeness (QED) is 0.524. The molecule has 8 heteroatoms. The van der Waals surface area contributed by atoms with Crippen molar-refractivity contribution in [2.45, 2.75) is 26.7 Å². The molecule has 0 fully saturated rings. The second kappa shape index (κ2) is 12.3. The summed E-state index contributed by atoms with van der Waals surface area (Å²) >= 11 is 0. The number of nitrogens with two attached hydrogens (primary N) is 1. The van der Waals surface area contributed by atoms with Crippen LogP contribution in [-0.2, 0) is 9.59 Å². The maximum absolute atomic E-state index is 12.0. The topological polar surface area (TPSA) is 113 Å². The molecule has 0 radical (unpaired) electrons. The number of rotatable bonds is 9. The van der Waals surface area contributed by atoms with Gasteiger partial charge in [0.25, 0.3) is 5.91 Å². The normalized spacial score (nSPS) is 9.92. The summed E-state index contributed by atoms with van der Waals surface area (Å²) in [5.41, 5.74) is 6.11. The number of halogens is 1. The van der Waals surface area contributed by atoms with Crippen molar-refractivity contribution in [2.75, 3.05) is 25.0 Å². The Balaban J connectivity index is 0.00000576. The Bertz CT molecular complexity index is 579. The number of benzene rings is 1. The highest BCUT2D eigenvalue weighted by Crippen LogP contribution is 2.14. The lowest BCUT2D eigenvalue weighted by molar-refractivity contribution is -0.124. The number of hydrogen-bond acceptors (Lipinski definition) is 4. The van der Waals surface area contributed by atoms with Crippen molar-refractivity contribution >= 4 is 35.8 Å². The van der Waals surface area contributed by atoms with E-state index < -0.39 is 0 Å². The number of carbonyl (C=O) groups excluding carboxylic acids is 3. The molecule has 1 rings (SSSR count). The third-order valence-corrected chi connectivity index (χ3v) is 3.27. The van der Waals surface area contributed by atoms with E-state index in [0.29, 0.717) is 36.7 Å². The van der Waals surface area contributed by atoms with E-state index in [9.17, 15) is 14.4 Å². The van der Waals surface area contributed by atoms with Crippen molar-refractivity contribution in [3.05, 3.63) is 29.8 Å².